The first-order valence-corrected chi connectivity index (χ1v) is 9.79. The van der Waals surface area contributed by atoms with Gasteiger partial charge in [0.1, 0.15) is 6.04 Å². The molecule has 1 unspecified atom stereocenters. The molecule has 0 radical (unpaired) electrons. The number of nitrogens with zero attached hydrogens (tertiary/aromatic N) is 2. The topological polar surface area (TPSA) is 76.2 Å². The van der Waals surface area contributed by atoms with Gasteiger partial charge in [0.05, 0.1) is 26.2 Å². The van der Waals surface area contributed by atoms with Crippen LogP contribution < -0.4 is 0 Å². The Morgan fingerprint density at radius 3 is 2.64 bits per heavy atom. The van der Waals surface area contributed by atoms with Gasteiger partial charge in [0, 0.05) is 30.2 Å². The van der Waals surface area contributed by atoms with Gasteiger partial charge in [-0.25, -0.2) is 0 Å². The number of piperazine rings is 1. The third-order valence-corrected chi connectivity index (χ3v) is 5.07. The second kappa shape index (κ2) is 10.6. The summed E-state index contributed by atoms with van der Waals surface area (Å²) in [6, 6.07) is 4.26. The van der Waals surface area contributed by atoms with Crippen molar-refractivity contribution in [2.24, 2.45) is 0 Å². The van der Waals surface area contributed by atoms with Crippen LogP contribution in [0.5, 0.6) is 0 Å². The molecule has 28 heavy (non-hydrogen) atoms. The van der Waals surface area contributed by atoms with E-state index in [4.69, 9.17) is 32.7 Å². The summed E-state index contributed by atoms with van der Waals surface area (Å²) in [7, 11) is 1.51. The number of methoxy groups -OCH3 is 1. The van der Waals surface area contributed by atoms with Crippen LogP contribution in [-0.4, -0.2) is 73.6 Å². The van der Waals surface area contributed by atoms with Crippen molar-refractivity contribution in [3.05, 3.63) is 33.8 Å². The summed E-state index contributed by atoms with van der Waals surface area (Å²) < 4.78 is 9.99. The summed E-state index contributed by atoms with van der Waals surface area (Å²) in [6.45, 7) is 2.68. The molecule has 1 atom stereocenters. The van der Waals surface area contributed by atoms with Crippen molar-refractivity contribution in [1.29, 1.82) is 0 Å². The Labute approximate surface area is 174 Å². The molecular weight excluding hydrogens is 407 g/mol. The van der Waals surface area contributed by atoms with E-state index in [0.717, 1.165) is 5.56 Å². The zero-order chi connectivity index (χ0) is 20.7. The van der Waals surface area contributed by atoms with Crippen LogP contribution in [0.1, 0.15) is 18.9 Å². The highest BCUT2D eigenvalue weighted by atomic mass is 35.5. The Morgan fingerprint density at radius 2 is 2.00 bits per heavy atom. The van der Waals surface area contributed by atoms with Crippen molar-refractivity contribution in [2.45, 2.75) is 25.8 Å². The molecule has 0 saturated carbocycles. The van der Waals surface area contributed by atoms with Crippen molar-refractivity contribution in [3.8, 4) is 0 Å². The Balaban J connectivity index is 2.12. The largest absolute Gasteiger partial charge is 0.466 e. The van der Waals surface area contributed by atoms with Crippen LogP contribution in [0.2, 0.25) is 10.0 Å². The number of benzene rings is 1. The minimum Gasteiger partial charge on any atom is -0.466 e. The fourth-order valence-electron chi connectivity index (χ4n) is 3.06. The maximum atomic E-state index is 13.0. The van der Waals surface area contributed by atoms with Crippen LogP contribution in [-0.2, 0) is 30.3 Å². The van der Waals surface area contributed by atoms with Crippen LogP contribution in [0, 0.1) is 0 Å². The number of halogens is 2. The SMILES string of the molecule is CCOC(=O)CC1C(=O)N(CCc2ccc(Cl)cc2Cl)CC(=O)N1CCOC. The van der Waals surface area contributed by atoms with E-state index < -0.39 is 12.0 Å². The van der Waals surface area contributed by atoms with Crippen molar-refractivity contribution in [2.75, 3.05) is 40.0 Å². The number of carbonyl (C=O) groups is 3. The molecule has 1 aliphatic rings. The summed E-state index contributed by atoms with van der Waals surface area (Å²) in [5, 5.41) is 1.04. The second-order valence-corrected chi connectivity index (χ2v) is 7.19. The molecule has 2 amide bonds. The van der Waals surface area contributed by atoms with Gasteiger partial charge in [0.2, 0.25) is 11.8 Å². The first kappa shape index (κ1) is 22.5. The average Bonchev–Trinajstić information content (AvgIpc) is 2.64. The maximum absolute atomic E-state index is 13.0. The molecule has 2 rings (SSSR count). The Bertz CT molecular complexity index is 728. The number of ether oxygens (including phenoxy) is 2. The Hall–Kier alpha value is -1.83. The lowest BCUT2D eigenvalue weighted by Gasteiger charge is -2.40. The standard InChI is InChI=1S/C19H24Cl2N2O5/c1-3-28-18(25)11-16-19(26)22(12-17(24)23(16)8-9-27-2)7-6-13-4-5-14(20)10-15(13)21/h4-5,10,16H,3,6-9,11-12H2,1-2H3. The number of rotatable bonds is 9. The molecule has 7 nitrogen and oxygen atoms in total. The molecule has 154 valence electrons. The summed E-state index contributed by atoms with van der Waals surface area (Å²) in [5.41, 5.74) is 0.829. The number of hydrogen-bond donors (Lipinski definition) is 0. The molecule has 0 bridgehead atoms. The van der Waals surface area contributed by atoms with Crippen LogP contribution in [0.3, 0.4) is 0 Å². The average molecular weight is 431 g/mol. The molecule has 1 heterocycles. The molecule has 0 aliphatic carbocycles. The molecule has 0 spiro atoms. The van der Waals surface area contributed by atoms with Crippen LogP contribution in [0.15, 0.2) is 18.2 Å². The predicted octanol–water partition coefficient (Wildman–Crippen LogP) is 2.17. The highest BCUT2D eigenvalue weighted by Gasteiger charge is 2.40. The monoisotopic (exact) mass is 430 g/mol. The molecule has 1 saturated heterocycles. The van der Waals surface area contributed by atoms with Gasteiger partial charge in [-0.05, 0) is 31.0 Å². The zero-order valence-corrected chi connectivity index (χ0v) is 17.5. The fraction of sp³-hybridized carbons (Fsp3) is 0.526. The molecular formula is C19H24Cl2N2O5. The summed E-state index contributed by atoms with van der Waals surface area (Å²) in [4.78, 5) is 40.4. The van der Waals surface area contributed by atoms with Crippen molar-refractivity contribution in [1.82, 2.24) is 9.80 Å². The summed E-state index contributed by atoms with van der Waals surface area (Å²) in [5.74, 6) is -1.03. The van der Waals surface area contributed by atoms with Gasteiger partial charge >= 0.3 is 5.97 Å². The minimum absolute atomic E-state index is 0.0485. The first-order valence-electron chi connectivity index (χ1n) is 9.04. The first-order chi connectivity index (χ1) is 13.4. The van der Waals surface area contributed by atoms with Crippen LogP contribution in [0.25, 0.3) is 0 Å². The van der Waals surface area contributed by atoms with Gasteiger partial charge in [-0.15, -0.1) is 0 Å². The van der Waals surface area contributed by atoms with E-state index in [0.29, 0.717) is 23.0 Å². The molecule has 1 aromatic rings. The van der Waals surface area contributed by atoms with E-state index in [-0.39, 0.29) is 44.5 Å². The lowest BCUT2D eigenvalue weighted by Crippen LogP contribution is -2.61. The number of esters is 1. The van der Waals surface area contributed by atoms with Crippen LogP contribution in [0.4, 0.5) is 0 Å². The van der Waals surface area contributed by atoms with E-state index in [1.807, 2.05) is 0 Å². The molecule has 1 aromatic carbocycles. The van der Waals surface area contributed by atoms with Gasteiger partial charge < -0.3 is 19.3 Å². The molecule has 1 fully saturated rings. The predicted molar refractivity (Wildman–Crippen MR) is 105 cm³/mol. The van der Waals surface area contributed by atoms with E-state index in [9.17, 15) is 14.4 Å². The van der Waals surface area contributed by atoms with Gasteiger partial charge in [-0.2, -0.15) is 0 Å². The summed E-state index contributed by atoms with van der Waals surface area (Å²) >= 11 is 12.1. The molecule has 0 N–H and O–H groups in total. The van der Waals surface area contributed by atoms with E-state index in [1.165, 1.54) is 16.9 Å². The second-order valence-electron chi connectivity index (χ2n) is 6.35. The van der Waals surface area contributed by atoms with Gasteiger partial charge in [-0.3, -0.25) is 14.4 Å². The van der Waals surface area contributed by atoms with Crippen molar-refractivity contribution >= 4 is 41.0 Å². The lowest BCUT2D eigenvalue weighted by molar-refractivity contribution is -0.160. The Morgan fingerprint density at radius 1 is 1.25 bits per heavy atom. The van der Waals surface area contributed by atoms with Gasteiger partial charge in [-0.1, -0.05) is 29.3 Å². The van der Waals surface area contributed by atoms with E-state index in [2.05, 4.69) is 0 Å². The maximum Gasteiger partial charge on any atom is 0.308 e. The molecule has 0 aromatic heterocycles. The zero-order valence-electron chi connectivity index (χ0n) is 16.0. The highest BCUT2D eigenvalue weighted by Crippen LogP contribution is 2.23. The van der Waals surface area contributed by atoms with Gasteiger partial charge in [0.15, 0.2) is 0 Å². The highest BCUT2D eigenvalue weighted by molar-refractivity contribution is 6.35. The quantitative estimate of drug-likeness (QED) is 0.561. The lowest BCUT2D eigenvalue weighted by atomic mass is 10.1. The third kappa shape index (κ3) is 5.83. The normalized spacial score (nSPS) is 17.2. The Kier molecular flexibility index (Phi) is 8.54. The van der Waals surface area contributed by atoms with E-state index >= 15 is 0 Å². The number of hydrogen-bond acceptors (Lipinski definition) is 5. The fourth-order valence-corrected chi connectivity index (χ4v) is 3.57. The number of amides is 2. The van der Waals surface area contributed by atoms with Gasteiger partial charge in [0.25, 0.3) is 0 Å². The van der Waals surface area contributed by atoms with Crippen molar-refractivity contribution in [3.63, 3.8) is 0 Å². The number of carbonyl (C=O) groups excluding carboxylic acids is 3. The minimum atomic E-state index is -0.892. The van der Waals surface area contributed by atoms with Crippen molar-refractivity contribution < 1.29 is 23.9 Å². The summed E-state index contributed by atoms with van der Waals surface area (Å²) in [6.07, 6.45) is 0.291. The smallest absolute Gasteiger partial charge is 0.308 e. The van der Waals surface area contributed by atoms with Crippen LogP contribution >= 0.6 is 23.2 Å². The van der Waals surface area contributed by atoms with E-state index in [1.54, 1.807) is 25.1 Å². The molecule has 1 aliphatic heterocycles. The third-order valence-electron chi connectivity index (χ3n) is 4.49. The molecule has 9 heteroatoms.